The minimum absolute atomic E-state index is 0.196. The monoisotopic (exact) mass is 215 g/mol. The minimum Gasteiger partial charge on any atom is -0.330 e. The van der Waals surface area contributed by atoms with Gasteiger partial charge in [0.05, 0.1) is 0 Å². The lowest BCUT2D eigenvalue weighted by Crippen LogP contribution is -2.14. The lowest BCUT2D eigenvalue weighted by molar-refractivity contribution is 0.548. The Bertz CT molecular complexity index is 325. The van der Waals surface area contributed by atoms with Crippen molar-refractivity contribution in [3.8, 4) is 0 Å². The third-order valence-corrected chi connectivity index (χ3v) is 2.78. The molecule has 0 amide bonds. The Morgan fingerprint density at radius 3 is 2.71 bits per heavy atom. The Labute approximate surface area is 89.1 Å². The Morgan fingerprint density at radius 1 is 1.50 bits per heavy atom. The number of nitrogens with two attached hydrogens (primary N) is 1. The van der Waals surface area contributed by atoms with Crippen LogP contribution in [0.2, 0.25) is 5.02 Å². The third-order valence-electron chi connectivity index (χ3n) is 2.37. The van der Waals surface area contributed by atoms with Crippen LogP contribution in [-0.2, 0) is 6.42 Å². The molecule has 0 bridgehead atoms. The molecular weight excluding hydrogens is 201 g/mol. The summed E-state index contributed by atoms with van der Waals surface area (Å²) in [5.41, 5.74) is 6.71. The molecule has 1 aromatic rings. The molecule has 1 unspecified atom stereocenters. The zero-order valence-electron chi connectivity index (χ0n) is 8.48. The molecule has 14 heavy (non-hydrogen) atoms. The predicted octanol–water partition coefficient (Wildman–Crippen LogP) is 2.92. The van der Waals surface area contributed by atoms with Gasteiger partial charge in [-0.2, -0.15) is 0 Å². The van der Waals surface area contributed by atoms with Crippen molar-refractivity contribution in [1.82, 2.24) is 0 Å². The van der Waals surface area contributed by atoms with Crippen molar-refractivity contribution in [3.63, 3.8) is 0 Å². The van der Waals surface area contributed by atoms with E-state index in [0.29, 0.717) is 35.0 Å². The van der Waals surface area contributed by atoms with Gasteiger partial charge in [-0.1, -0.05) is 24.6 Å². The van der Waals surface area contributed by atoms with Crippen LogP contribution in [0.15, 0.2) is 12.1 Å². The first-order valence-corrected chi connectivity index (χ1v) is 5.07. The maximum Gasteiger partial charge on any atom is 0.130 e. The summed E-state index contributed by atoms with van der Waals surface area (Å²) < 4.78 is 13.6. The van der Waals surface area contributed by atoms with Gasteiger partial charge in [-0.05, 0) is 37.4 Å². The molecule has 1 aromatic carbocycles. The molecule has 3 heteroatoms. The molecule has 0 fully saturated rings. The second kappa shape index (κ2) is 4.76. The molecule has 0 aliphatic heterocycles. The highest BCUT2D eigenvalue weighted by molar-refractivity contribution is 6.31. The molecule has 78 valence electrons. The first-order chi connectivity index (χ1) is 6.56. The largest absolute Gasteiger partial charge is 0.330 e. The molecule has 0 aromatic heterocycles. The van der Waals surface area contributed by atoms with Crippen LogP contribution in [0, 0.1) is 18.7 Å². The first-order valence-electron chi connectivity index (χ1n) is 4.69. The quantitative estimate of drug-likeness (QED) is 0.825. The van der Waals surface area contributed by atoms with E-state index in [0.717, 1.165) is 0 Å². The van der Waals surface area contributed by atoms with Gasteiger partial charge in [-0.3, -0.25) is 0 Å². The maximum atomic E-state index is 13.6. The molecule has 0 aliphatic rings. The average molecular weight is 216 g/mol. The fourth-order valence-corrected chi connectivity index (χ4v) is 1.48. The van der Waals surface area contributed by atoms with Crippen LogP contribution in [0.5, 0.6) is 0 Å². The van der Waals surface area contributed by atoms with Crippen LogP contribution >= 0.6 is 11.6 Å². The van der Waals surface area contributed by atoms with Crippen molar-refractivity contribution in [2.45, 2.75) is 20.3 Å². The lowest BCUT2D eigenvalue weighted by Gasteiger charge is -2.11. The second-order valence-electron chi connectivity index (χ2n) is 3.69. The first kappa shape index (κ1) is 11.5. The molecule has 0 heterocycles. The Balaban J connectivity index is 2.94. The van der Waals surface area contributed by atoms with Crippen LogP contribution in [-0.4, -0.2) is 6.54 Å². The van der Waals surface area contributed by atoms with Gasteiger partial charge in [-0.25, -0.2) is 4.39 Å². The van der Waals surface area contributed by atoms with Crippen molar-refractivity contribution >= 4 is 11.6 Å². The lowest BCUT2D eigenvalue weighted by atomic mass is 9.99. The summed E-state index contributed by atoms with van der Waals surface area (Å²) in [7, 11) is 0. The molecule has 0 spiro atoms. The molecular formula is C11H15ClFN. The molecule has 2 N–H and O–H groups in total. The Morgan fingerprint density at radius 2 is 2.14 bits per heavy atom. The number of hydrogen-bond donors (Lipinski definition) is 1. The van der Waals surface area contributed by atoms with Crippen molar-refractivity contribution in [1.29, 1.82) is 0 Å². The normalized spacial score (nSPS) is 12.9. The molecule has 0 saturated heterocycles. The summed E-state index contributed by atoms with van der Waals surface area (Å²) in [6.07, 6.45) is 0.667. The van der Waals surface area contributed by atoms with Crippen molar-refractivity contribution in [2.75, 3.05) is 6.54 Å². The van der Waals surface area contributed by atoms with E-state index in [9.17, 15) is 4.39 Å². The molecule has 0 aliphatic carbocycles. The van der Waals surface area contributed by atoms with Crippen molar-refractivity contribution < 1.29 is 4.39 Å². The van der Waals surface area contributed by atoms with Gasteiger partial charge in [0.2, 0.25) is 0 Å². The SMILES string of the molecule is Cc1c(Cl)ccc(CC(C)CN)c1F. The van der Waals surface area contributed by atoms with E-state index in [1.165, 1.54) is 0 Å². The van der Waals surface area contributed by atoms with Crippen LogP contribution < -0.4 is 5.73 Å². The van der Waals surface area contributed by atoms with E-state index < -0.39 is 0 Å². The summed E-state index contributed by atoms with van der Waals surface area (Å²) in [6, 6.07) is 3.47. The van der Waals surface area contributed by atoms with Gasteiger partial charge >= 0.3 is 0 Å². The second-order valence-corrected chi connectivity index (χ2v) is 4.10. The van der Waals surface area contributed by atoms with Gasteiger partial charge in [0, 0.05) is 10.6 Å². The summed E-state index contributed by atoms with van der Waals surface area (Å²) in [4.78, 5) is 0. The van der Waals surface area contributed by atoms with Gasteiger partial charge in [0.15, 0.2) is 0 Å². The Hall–Kier alpha value is -0.600. The van der Waals surface area contributed by atoms with Crippen LogP contribution in [0.25, 0.3) is 0 Å². The van der Waals surface area contributed by atoms with Gasteiger partial charge in [-0.15, -0.1) is 0 Å². The number of halogens is 2. The van der Waals surface area contributed by atoms with E-state index in [-0.39, 0.29) is 5.82 Å². The highest BCUT2D eigenvalue weighted by atomic mass is 35.5. The van der Waals surface area contributed by atoms with E-state index >= 15 is 0 Å². The number of benzene rings is 1. The summed E-state index contributed by atoms with van der Waals surface area (Å²) in [5, 5.41) is 0.478. The van der Waals surface area contributed by atoms with Crippen molar-refractivity contribution in [2.24, 2.45) is 11.7 Å². The van der Waals surface area contributed by atoms with Gasteiger partial charge < -0.3 is 5.73 Å². The number of rotatable bonds is 3. The van der Waals surface area contributed by atoms with E-state index in [1.807, 2.05) is 6.92 Å². The van der Waals surface area contributed by atoms with Crippen LogP contribution in [0.4, 0.5) is 4.39 Å². The molecule has 1 rings (SSSR count). The zero-order valence-corrected chi connectivity index (χ0v) is 9.24. The summed E-state index contributed by atoms with van der Waals surface area (Å²) >= 11 is 5.79. The highest BCUT2D eigenvalue weighted by Gasteiger charge is 2.10. The van der Waals surface area contributed by atoms with Gasteiger partial charge in [0.1, 0.15) is 5.82 Å². The smallest absolute Gasteiger partial charge is 0.130 e. The van der Waals surface area contributed by atoms with Crippen molar-refractivity contribution in [3.05, 3.63) is 34.1 Å². The fourth-order valence-electron chi connectivity index (χ4n) is 1.33. The molecule has 1 nitrogen and oxygen atoms in total. The topological polar surface area (TPSA) is 26.0 Å². The maximum absolute atomic E-state index is 13.6. The summed E-state index contributed by atoms with van der Waals surface area (Å²) in [5.74, 6) is 0.0999. The Kier molecular flexibility index (Phi) is 3.90. The third kappa shape index (κ3) is 2.46. The van der Waals surface area contributed by atoms with E-state index in [1.54, 1.807) is 19.1 Å². The summed E-state index contributed by atoms with van der Waals surface area (Å²) in [6.45, 7) is 4.26. The molecule has 1 atom stereocenters. The van der Waals surface area contributed by atoms with Gasteiger partial charge in [0.25, 0.3) is 0 Å². The average Bonchev–Trinajstić information content (AvgIpc) is 2.19. The fraction of sp³-hybridized carbons (Fsp3) is 0.455. The minimum atomic E-state index is -0.196. The standard InChI is InChI=1S/C11H15ClFN/c1-7(6-14)5-9-3-4-10(12)8(2)11(9)13/h3-4,7H,5-6,14H2,1-2H3. The van der Waals surface area contributed by atoms with E-state index in [4.69, 9.17) is 17.3 Å². The highest BCUT2D eigenvalue weighted by Crippen LogP contribution is 2.22. The van der Waals surface area contributed by atoms with Crippen LogP contribution in [0.3, 0.4) is 0 Å². The molecule has 0 radical (unpaired) electrons. The predicted molar refractivity (Wildman–Crippen MR) is 58.1 cm³/mol. The van der Waals surface area contributed by atoms with E-state index in [2.05, 4.69) is 0 Å². The zero-order chi connectivity index (χ0) is 10.7. The molecule has 0 saturated carbocycles. The van der Waals surface area contributed by atoms with Crippen LogP contribution in [0.1, 0.15) is 18.1 Å². The number of hydrogen-bond acceptors (Lipinski definition) is 1.